The molecular formula is C16H21N3O2. The number of aryl methyl sites for hydroxylation is 1. The second-order valence-corrected chi connectivity index (χ2v) is 5.66. The van der Waals surface area contributed by atoms with Gasteiger partial charge in [-0.1, -0.05) is 13.0 Å². The number of fused-ring (bicyclic) bond motifs is 1. The number of hydrogen-bond donors (Lipinski definition) is 0. The molecule has 0 radical (unpaired) electrons. The molecule has 3 rings (SSSR count). The van der Waals surface area contributed by atoms with Crippen molar-refractivity contribution in [1.29, 1.82) is 0 Å². The number of ether oxygens (including phenoxy) is 1. The molecule has 1 fully saturated rings. The standard InChI is InChI=1S/C16H21N3O2/c1-3-14-11-18(6-7-21-14)10-13-8-16(20)19-9-12(2)4-5-15(19)17-13/h4-5,8-9,14H,3,6-7,10-11H2,1-2H3. The lowest BCUT2D eigenvalue weighted by Crippen LogP contribution is -2.41. The summed E-state index contributed by atoms with van der Waals surface area (Å²) in [7, 11) is 0. The highest BCUT2D eigenvalue weighted by Gasteiger charge is 2.19. The van der Waals surface area contributed by atoms with Crippen molar-refractivity contribution in [2.24, 2.45) is 0 Å². The van der Waals surface area contributed by atoms with E-state index in [0.29, 0.717) is 18.3 Å². The highest BCUT2D eigenvalue weighted by atomic mass is 16.5. The molecule has 1 unspecified atom stereocenters. The monoisotopic (exact) mass is 287 g/mol. The van der Waals surface area contributed by atoms with Crippen LogP contribution in [-0.4, -0.2) is 40.1 Å². The van der Waals surface area contributed by atoms with Crippen molar-refractivity contribution < 1.29 is 4.74 Å². The number of aromatic nitrogens is 2. The highest BCUT2D eigenvalue weighted by molar-refractivity contribution is 5.39. The average Bonchev–Trinajstić information content (AvgIpc) is 2.48. The Morgan fingerprint density at radius 3 is 3.10 bits per heavy atom. The first-order chi connectivity index (χ1) is 10.2. The SMILES string of the molecule is CCC1CN(Cc2cc(=O)n3cc(C)ccc3n2)CCO1. The van der Waals surface area contributed by atoms with Gasteiger partial charge in [-0.2, -0.15) is 0 Å². The van der Waals surface area contributed by atoms with Gasteiger partial charge in [0.1, 0.15) is 5.65 Å². The van der Waals surface area contributed by atoms with Crippen LogP contribution in [0.5, 0.6) is 0 Å². The third-order valence-corrected chi connectivity index (χ3v) is 3.92. The zero-order chi connectivity index (χ0) is 14.8. The van der Waals surface area contributed by atoms with Gasteiger partial charge in [0.15, 0.2) is 0 Å². The summed E-state index contributed by atoms with van der Waals surface area (Å²) >= 11 is 0. The molecule has 1 saturated heterocycles. The van der Waals surface area contributed by atoms with E-state index in [2.05, 4.69) is 16.8 Å². The Balaban J connectivity index is 1.84. The predicted molar refractivity (Wildman–Crippen MR) is 81.5 cm³/mol. The summed E-state index contributed by atoms with van der Waals surface area (Å²) in [6.07, 6.45) is 3.14. The van der Waals surface area contributed by atoms with Crippen LogP contribution >= 0.6 is 0 Å². The van der Waals surface area contributed by atoms with Gasteiger partial charge in [-0.3, -0.25) is 14.1 Å². The van der Waals surface area contributed by atoms with Gasteiger partial charge in [0.05, 0.1) is 18.4 Å². The lowest BCUT2D eigenvalue weighted by atomic mass is 10.2. The molecule has 3 heterocycles. The van der Waals surface area contributed by atoms with E-state index in [-0.39, 0.29) is 5.56 Å². The first-order valence-electron chi connectivity index (χ1n) is 7.48. The number of nitrogens with zero attached hydrogens (tertiary/aromatic N) is 3. The topological polar surface area (TPSA) is 46.8 Å². The maximum atomic E-state index is 12.2. The highest BCUT2D eigenvalue weighted by Crippen LogP contribution is 2.11. The first kappa shape index (κ1) is 14.2. The first-order valence-corrected chi connectivity index (χ1v) is 7.48. The quantitative estimate of drug-likeness (QED) is 0.860. The molecule has 2 aromatic rings. The Labute approximate surface area is 124 Å². The fraction of sp³-hybridized carbons (Fsp3) is 0.500. The van der Waals surface area contributed by atoms with E-state index >= 15 is 0 Å². The van der Waals surface area contributed by atoms with E-state index in [4.69, 9.17) is 4.74 Å². The molecule has 0 spiro atoms. The van der Waals surface area contributed by atoms with Gasteiger partial charge in [-0.15, -0.1) is 0 Å². The molecule has 0 aliphatic carbocycles. The van der Waals surface area contributed by atoms with Crippen molar-refractivity contribution in [3.63, 3.8) is 0 Å². The molecular weight excluding hydrogens is 266 g/mol. The lowest BCUT2D eigenvalue weighted by molar-refractivity contribution is -0.0328. The molecule has 5 heteroatoms. The summed E-state index contributed by atoms with van der Waals surface area (Å²) in [5.74, 6) is 0. The number of rotatable bonds is 3. The van der Waals surface area contributed by atoms with Gasteiger partial charge in [0, 0.05) is 31.9 Å². The van der Waals surface area contributed by atoms with E-state index in [1.165, 1.54) is 0 Å². The Morgan fingerprint density at radius 1 is 1.43 bits per heavy atom. The molecule has 21 heavy (non-hydrogen) atoms. The van der Waals surface area contributed by atoms with Crippen LogP contribution in [-0.2, 0) is 11.3 Å². The maximum absolute atomic E-state index is 12.2. The van der Waals surface area contributed by atoms with E-state index in [1.807, 2.05) is 25.3 Å². The molecule has 0 bridgehead atoms. The van der Waals surface area contributed by atoms with Gasteiger partial charge in [0.2, 0.25) is 0 Å². The average molecular weight is 287 g/mol. The van der Waals surface area contributed by atoms with Gasteiger partial charge < -0.3 is 4.74 Å². The minimum atomic E-state index is -0.0148. The molecule has 5 nitrogen and oxygen atoms in total. The van der Waals surface area contributed by atoms with Crippen LogP contribution in [0.4, 0.5) is 0 Å². The second-order valence-electron chi connectivity index (χ2n) is 5.66. The fourth-order valence-corrected chi connectivity index (χ4v) is 2.74. The van der Waals surface area contributed by atoms with Crippen molar-refractivity contribution in [3.05, 3.63) is 46.0 Å². The normalized spacial score (nSPS) is 20.0. The predicted octanol–water partition coefficient (Wildman–Crippen LogP) is 1.61. The largest absolute Gasteiger partial charge is 0.376 e. The molecule has 2 aromatic heterocycles. The van der Waals surface area contributed by atoms with E-state index in [0.717, 1.165) is 37.4 Å². The van der Waals surface area contributed by atoms with Crippen molar-refractivity contribution in [3.8, 4) is 0 Å². The summed E-state index contributed by atoms with van der Waals surface area (Å²) in [5, 5.41) is 0. The zero-order valence-electron chi connectivity index (χ0n) is 12.6. The summed E-state index contributed by atoms with van der Waals surface area (Å²) in [6.45, 7) is 7.37. The Kier molecular flexibility index (Phi) is 4.03. The zero-order valence-corrected chi connectivity index (χ0v) is 12.6. The van der Waals surface area contributed by atoms with Crippen LogP contribution in [0.25, 0.3) is 5.65 Å². The lowest BCUT2D eigenvalue weighted by Gasteiger charge is -2.32. The van der Waals surface area contributed by atoms with E-state index in [1.54, 1.807) is 10.5 Å². The Bertz CT molecular complexity index is 695. The minimum absolute atomic E-state index is 0.0148. The van der Waals surface area contributed by atoms with Crippen LogP contribution in [0.2, 0.25) is 0 Å². The van der Waals surface area contributed by atoms with Crippen molar-refractivity contribution in [2.45, 2.75) is 32.9 Å². The molecule has 1 aliphatic heterocycles. The summed E-state index contributed by atoms with van der Waals surface area (Å²) in [4.78, 5) is 19.1. The van der Waals surface area contributed by atoms with Crippen LogP contribution < -0.4 is 5.56 Å². The smallest absolute Gasteiger partial charge is 0.258 e. The molecule has 112 valence electrons. The van der Waals surface area contributed by atoms with Gasteiger partial charge in [0.25, 0.3) is 5.56 Å². The summed E-state index contributed by atoms with van der Waals surface area (Å²) in [6, 6.07) is 5.52. The molecule has 0 saturated carbocycles. The van der Waals surface area contributed by atoms with Gasteiger partial charge >= 0.3 is 0 Å². The molecule has 0 aromatic carbocycles. The third-order valence-electron chi connectivity index (χ3n) is 3.92. The maximum Gasteiger partial charge on any atom is 0.258 e. The molecule has 1 aliphatic rings. The fourth-order valence-electron chi connectivity index (χ4n) is 2.74. The van der Waals surface area contributed by atoms with E-state index < -0.39 is 0 Å². The molecule has 1 atom stereocenters. The molecule has 0 N–H and O–H groups in total. The van der Waals surface area contributed by atoms with Crippen molar-refractivity contribution in [2.75, 3.05) is 19.7 Å². The number of morpholine rings is 1. The van der Waals surface area contributed by atoms with Crippen LogP contribution in [0.15, 0.2) is 29.2 Å². The Morgan fingerprint density at radius 2 is 2.29 bits per heavy atom. The van der Waals surface area contributed by atoms with E-state index in [9.17, 15) is 4.79 Å². The Hall–Kier alpha value is -1.72. The van der Waals surface area contributed by atoms with Crippen LogP contribution in [0.3, 0.4) is 0 Å². The number of pyridine rings is 1. The van der Waals surface area contributed by atoms with Crippen molar-refractivity contribution in [1.82, 2.24) is 14.3 Å². The second kappa shape index (κ2) is 5.95. The van der Waals surface area contributed by atoms with Crippen molar-refractivity contribution >= 4 is 5.65 Å². The minimum Gasteiger partial charge on any atom is -0.376 e. The molecule has 0 amide bonds. The third kappa shape index (κ3) is 3.14. The number of hydrogen-bond acceptors (Lipinski definition) is 4. The summed E-state index contributed by atoms with van der Waals surface area (Å²) < 4.78 is 7.28. The van der Waals surface area contributed by atoms with Crippen LogP contribution in [0.1, 0.15) is 24.6 Å². The van der Waals surface area contributed by atoms with Gasteiger partial charge in [-0.25, -0.2) is 4.98 Å². The summed E-state index contributed by atoms with van der Waals surface area (Å²) in [5.41, 5.74) is 2.58. The van der Waals surface area contributed by atoms with Crippen LogP contribution in [0, 0.1) is 6.92 Å². The van der Waals surface area contributed by atoms with Gasteiger partial charge in [-0.05, 0) is 25.0 Å².